The molecule has 1 atom stereocenters. The van der Waals surface area contributed by atoms with Crippen molar-refractivity contribution in [3.8, 4) is 0 Å². The molecule has 0 spiro atoms. The number of halogens is 1. The second-order valence-corrected chi connectivity index (χ2v) is 13.2. The van der Waals surface area contributed by atoms with Gasteiger partial charge in [-0.15, -0.1) is 4.40 Å². The molecule has 8 nitrogen and oxygen atoms in total. The van der Waals surface area contributed by atoms with Gasteiger partial charge in [-0.2, -0.15) is 8.42 Å². The fourth-order valence-electron chi connectivity index (χ4n) is 3.85. The van der Waals surface area contributed by atoms with Gasteiger partial charge in [0.15, 0.2) is 0 Å². The molecule has 0 saturated carbocycles. The van der Waals surface area contributed by atoms with Crippen LogP contribution in [0.15, 0.2) is 68.4 Å². The van der Waals surface area contributed by atoms with Crippen molar-refractivity contribution in [2.75, 3.05) is 41.6 Å². The number of nitrogens with zero attached hydrogens (tertiary/aromatic N) is 3. The van der Waals surface area contributed by atoms with Crippen LogP contribution in [0.4, 0.5) is 0 Å². The third-order valence-corrected chi connectivity index (χ3v) is 9.98. The Balaban J connectivity index is 2.28. The molecule has 0 bridgehead atoms. The summed E-state index contributed by atoms with van der Waals surface area (Å²) in [5.41, 5.74) is 8.79. The number of hydrogen-bond acceptors (Lipinski definition) is 5. The van der Waals surface area contributed by atoms with Crippen LogP contribution in [-0.2, 0) is 19.0 Å². The molecule has 2 aromatic carbocycles. The second-order valence-electron chi connectivity index (χ2n) is 8.34. The maximum atomic E-state index is 12.9. The molecule has 1 unspecified atom stereocenters. The summed E-state index contributed by atoms with van der Waals surface area (Å²) in [5.74, 6) is -0.602. The smallest absolute Gasteiger partial charge is 0.283 e. The molecule has 0 aromatic heterocycles. The summed E-state index contributed by atoms with van der Waals surface area (Å²) in [6, 6.07) is 13.6. The monoisotopic (exact) mass is 536 g/mol. The molecule has 2 N–H and O–H groups in total. The highest BCUT2D eigenvalue weighted by molar-refractivity contribution is 8.40. The van der Waals surface area contributed by atoms with Gasteiger partial charge in [-0.05, 0) is 41.6 Å². The molecule has 1 heterocycles. The highest BCUT2D eigenvalue weighted by atomic mass is 35.5. The molecule has 3 rings (SSSR count). The van der Waals surface area contributed by atoms with E-state index in [-0.39, 0.29) is 4.90 Å². The van der Waals surface area contributed by atoms with Gasteiger partial charge < -0.3 is 19.7 Å². The molecule has 1 aliphatic heterocycles. The Morgan fingerprint density at radius 3 is 2.03 bits per heavy atom. The quantitative estimate of drug-likeness (QED) is 0.407. The first-order chi connectivity index (χ1) is 16.3. The van der Waals surface area contributed by atoms with Gasteiger partial charge in [0.05, 0.1) is 15.5 Å². The van der Waals surface area contributed by atoms with E-state index in [2.05, 4.69) is 4.40 Å². The minimum atomic E-state index is -3.88. The summed E-state index contributed by atoms with van der Waals surface area (Å²) < 4.78 is 34.8. The molecular formula is C24H29ClN4O4S2. The number of amides is 1. The zero-order chi connectivity index (χ0) is 26.1. The highest BCUT2D eigenvalue weighted by Gasteiger charge is 2.44. The number of carbonyl (C=O) groups is 1. The lowest BCUT2D eigenvalue weighted by Gasteiger charge is -2.35. The zero-order valence-corrected chi connectivity index (χ0v) is 22.8. The SMILES string of the molecule is COS1(C)C(C(N)=O)=C(c2ccc(S(=O)(=O)/N=C/N(C)C)cc2)C(N(C)C)=C1c1ccc(Cl)cc1. The number of rotatable bonds is 8. The van der Waals surface area contributed by atoms with Crippen molar-refractivity contribution in [3.05, 3.63) is 75.3 Å². The molecule has 2 aromatic rings. The summed E-state index contributed by atoms with van der Waals surface area (Å²) in [5, 5.41) is 0.588. The standard InChI is InChI=1S/C24H29ClN4O4S2/c1-28(2)15-27-35(31,32)19-13-9-16(10-14-19)20-21(29(3)4)22(17-7-11-18(25)12-8-17)34(6,33-5)23(20)24(26)30/h7-15H,1-6H3,(H2,26,30)/b27-15+. The van der Waals surface area contributed by atoms with Crippen LogP contribution in [0.25, 0.3) is 10.5 Å². The largest absolute Gasteiger partial charge is 0.376 e. The van der Waals surface area contributed by atoms with Crippen molar-refractivity contribution in [1.82, 2.24) is 9.80 Å². The molecule has 1 amide bonds. The normalized spacial score (nSPS) is 20.3. The maximum Gasteiger partial charge on any atom is 0.283 e. The van der Waals surface area contributed by atoms with Gasteiger partial charge >= 0.3 is 0 Å². The van der Waals surface area contributed by atoms with Crippen molar-refractivity contribution >= 4 is 54.7 Å². The lowest BCUT2D eigenvalue weighted by Crippen LogP contribution is -2.19. The fourth-order valence-corrected chi connectivity index (χ4v) is 7.66. The fraction of sp³-hybridized carbons (Fsp3) is 0.250. The summed E-state index contributed by atoms with van der Waals surface area (Å²) >= 11 is 6.12. The van der Waals surface area contributed by atoms with Gasteiger partial charge in [0.2, 0.25) is 0 Å². The van der Waals surface area contributed by atoms with Gasteiger partial charge in [0, 0.05) is 50.8 Å². The Hall–Kier alpha value is -2.79. The summed E-state index contributed by atoms with van der Waals surface area (Å²) in [4.78, 5) is 17.5. The third-order valence-electron chi connectivity index (χ3n) is 5.43. The number of sulfonamides is 1. The Morgan fingerprint density at radius 2 is 1.57 bits per heavy atom. The van der Waals surface area contributed by atoms with Crippen LogP contribution in [-0.4, -0.2) is 72.0 Å². The van der Waals surface area contributed by atoms with Gasteiger partial charge in [-0.3, -0.25) is 4.79 Å². The number of allylic oxidation sites excluding steroid dienone is 1. The van der Waals surface area contributed by atoms with Crippen LogP contribution in [0.1, 0.15) is 11.1 Å². The Bertz CT molecular complexity index is 1330. The number of nitrogens with two attached hydrogens (primary N) is 1. The van der Waals surface area contributed by atoms with E-state index in [1.807, 2.05) is 37.4 Å². The zero-order valence-electron chi connectivity index (χ0n) is 20.4. The average molecular weight is 537 g/mol. The van der Waals surface area contributed by atoms with E-state index in [9.17, 15) is 13.2 Å². The van der Waals surface area contributed by atoms with Crippen molar-refractivity contribution in [2.24, 2.45) is 10.1 Å². The minimum absolute atomic E-state index is 0.0359. The summed E-state index contributed by atoms with van der Waals surface area (Å²) in [7, 11) is 2.51. The predicted molar refractivity (Wildman–Crippen MR) is 145 cm³/mol. The highest BCUT2D eigenvalue weighted by Crippen LogP contribution is 2.71. The van der Waals surface area contributed by atoms with Crippen LogP contribution >= 0.6 is 21.9 Å². The lowest BCUT2D eigenvalue weighted by molar-refractivity contribution is -0.113. The average Bonchev–Trinajstić information content (AvgIpc) is 3.08. The van der Waals surface area contributed by atoms with Crippen molar-refractivity contribution in [3.63, 3.8) is 0 Å². The molecular weight excluding hydrogens is 508 g/mol. The first kappa shape index (κ1) is 26.8. The topological polar surface area (TPSA) is 105 Å². The summed E-state index contributed by atoms with van der Waals surface area (Å²) in [6.45, 7) is 0. The molecule has 11 heteroatoms. The number of hydrogen-bond donors (Lipinski definition) is 1. The van der Waals surface area contributed by atoms with Crippen LogP contribution in [0.5, 0.6) is 0 Å². The molecule has 0 saturated heterocycles. The molecule has 0 aliphatic carbocycles. The molecule has 1 aliphatic rings. The number of carbonyl (C=O) groups excluding carboxylic acids is 1. The Morgan fingerprint density at radius 1 is 1.03 bits per heavy atom. The first-order valence-corrected chi connectivity index (χ1v) is 14.2. The van der Waals surface area contributed by atoms with E-state index in [4.69, 9.17) is 21.5 Å². The van der Waals surface area contributed by atoms with E-state index in [0.29, 0.717) is 21.1 Å². The van der Waals surface area contributed by atoms with E-state index in [1.54, 1.807) is 45.5 Å². The van der Waals surface area contributed by atoms with Crippen LogP contribution in [0.3, 0.4) is 0 Å². The van der Waals surface area contributed by atoms with Crippen LogP contribution in [0, 0.1) is 0 Å². The van der Waals surface area contributed by atoms with E-state index in [0.717, 1.165) is 16.2 Å². The second kappa shape index (κ2) is 10.1. The molecule has 35 heavy (non-hydrogen) atoms. The Labute approximate surface area is 213 Å². The summed E-state index contributed by atoms with van der Waals surface area (Å²) in [6.07, 6.45) is 3.11. The number of primary amides is 1. The van der Waals surface area contributed by atoms with Crippen molar-refractivity contribution < 1.29 is 17.4 Å². The molecule has 0 radical (unpaired) electrons. The van der Waals surface area contributed by atoms with Gasteiger partial charge in [0.25, 0.3) is 15.9 Å². The van der Waals surface area contributed by atoms with E-state index >= 15 is 0 Å². The van der Waals surface area contributed by atoms with Crippen LogP contribution in [0.2, 0.25) is 5.02 Å². The third kappa shape index (κ3) is 5.11. The maximum absolute atomic E-state index is 12.9. The van der Waals surface area contributed by atoms with Crippen LogP contribution < -0.4 is 5.73 Å². The Kier molecular flexibility index (Phi) is 7.71. The van der Waals surface area contributed by atoms with Crippen molar-refractivity contribution in [2.45, 2.75) is 4.90 Å². The molecule has 0 fully saturated rings. The van der Waals surface area contributed by atoms with E-state index in [1.165, 1.54) is 23.4 Å². The van der Waals surface area contributed by atoms with Gasteiger partial charge in [-0.25, -0.2) is 0 Å². The predicted octanol–water partition coefficient (Wildman–Crippen LogP) is 3.75. The molecule has 188 valence electrons. The van der Waals surface area contributed by atoms with Crippen molar-refractivity contribution in [1.29, 1.82) is 0 Å². The van der Waals surface area contributed by atoms with Gasteiger partial charge in [-0.1, -0.05) is 46.2 Å². The number of benzene rings is 2. The number of likely N-dealkylation sites (N-methyl/N-ethyl adjacent to an activating group) is 1. The lowest BCUT2D eigenvalue weighted by atomic mass is 9.99. The minimum Gasteiger partial charge on any atom is -0.376 e. The van der Waals surface area contributed by atoms with Gasteiger partial charge in [0.1, 0.15) is 6.34 Å². The van der Waals surface area contributed by atoms with E-state index < -0.39 is 26.2 Å². The first-order valence-electron chi connectivity index (χ1n) is 10.5.